The molecule has 1 heterocycles. The van der Waals surface area contributed by atoms with Crippen LogP contribution in [0.15, 0.2) is 30.7 Å². The lowest BCUT2D eigenvalue weighted by Gasteiger charge is -2.05. The van der Waals surface area contributed by atoms with Crippen molar-refractivity contribution in [1.82, 2.24) is 14.9 Å². The van der Waals surface area contributed by atoms with E-state index >= 15 is 0 Å². The number of benzene rings is 1. The van der Waals surface area contributed by atoms with E-state index < -0.39 is 11.6 Å². The van der Waals surface area contributed by atoms with Gasteiger partial charge in [0.15, 0.2) is 0 Å². The first-order chi connectivity index (χ1) is 9.02. The van der Waals surface area contributed by atoms with E-state index in [4.69, 9.17) is 0 Å². The van der Waals surface area contributed by atoms with E-state index in [-0.39, 0.29) is 0 Å². The van der Waals surface area contributed by atoms with Crippen molar-refractivity contribution in [3.8, 4) is 0 Å². The van der Waals surface area contributed by atoms with Gasteiger partial charge < -0.3 is 9.88 Å². The molecule has 0 saturated carbocycles. The molecule has 0 spiro atoms. The fraction of sp³-hybridized carbons (Fsp3) is 0.357. The first-order valence-corrected chi connectivity index (χ1v) is 6.22. The largest absolute Gasteiger partial charge is 0.333 e. The Balaban J connectivity index is 2.03. The summed E-state index contributed by atoms with van der Waals surface area (Å²) in [6, 6.07) is 3.92. The van der Waals surface area contributed by atoms with Gasteiger partial charge in [0.05, 0.1) is 12.0 Å². The van der Waals surface area contributed by atoms with Gasteiger partial charge in [-0.1, -0.05) is 13.8 Å². The summed E-state index contributed by atoms with van der Waals surface area (Å²) in [6.07, 6.45) is 3.54. The zero-order valence-corrected chi connectivity index (χ0v) is 11.0. The van der Waals surface area contributed by atoms with Crippen LogP contribution >= 0.6 is 0 Å². The van der Waals surface area contributed by atoms with Gasteiger partial charge in [-0.3, -0.25) is 0 Å². The summed E-state index contributed by atoms with van der Waals surface area (Å²) in [6.45, 7) is 5.21. The predicted octanol–water partition coefficient (Wildman–Crippen LogP) is 2.71. The monoisotopic (exact) mass is 265 g/mol. The predicted molar refractivity (Wildman–Crippen MR) is 69.7 cm³/mol. The van der Waals surface area contributed by atoms with Gasteiger partial charge in [-0.25, -0.2) is 13.8 Å². The quantitative estimate of drug-likeness (QED) is 0.900. The topological polar surface area (TPSA) is 29.9 Å². The molecule has 1 aromatic heterocycles. The van der Waals surface area contributed by atoms with Crippen molar-refractivity contribution >= 4 is 0 Å². The molecule has 0 aliphatic rings. The molecule has 102 valence electrons. The van der Waals surface area contributed by atoms with Gasteiger partial charge in [0.2, 0.25) is 0 Å². The molecule has 0 amide bonds. The van der Waals surface area contributed by atoms with E-state index in [0.29, 0.717) is 24.7 Å². The number of nitrogens with zero attached hydrogens (tertiary/aromatic N) is 2. The van der Waals surface area contributed by atoms with Crippen LogP contribution < -0.4 is 5.32 Å². The van der Waals surface area contributed by atoms with Crippen LogP contribution in [0.2, 0.25) is 0 Å². The number of hydrogen-bond donors (Lipinski definition) is 1. The molecular weight excluding hydrogens is 248 g/mol. The average molecular weight is 265 g/mol. The van der Waals surface area contributed by atoms with Crippen LogP contribution in [0.4, 0.5) is 8.78 Å². The Bertz CT molecular complexity index is 529. The number of rotatable bonds is 5. The number of imidazole rings is 1. The Kier molecular flexibility index (Phi) is 4.27. The fourth-order valence-corrected chi connectivity index (χ4v) is 1.81. The molecule has 19 heavy (non-hydrogen) atoms. The van der Waals surface area contributed by atoms with Crippen molar-refractivity contribution in [3.05, 3.63) is 53.6 Å². The van der Waals surface area contributed by atoms with E-state index in [1.165, 1.54) is 12.1 Å². The minimum Gasteiger partial charge on any atom is -0.333 e. The molecule has 0 fully saturated rings. The second-order valence-electron chi connectivity index (χ2n) is 4.85. The third kappa shape index (κ3) is 4.13. The van der Waals surface area contributed by atoms with Gasteiger partial charge in [-0.2, -0.15) is 0 Å². The molecule has 0 aliphatic heterocycles. The van der Waals surface area contributed by atoms with Gasteiger partial charge in [0.25, 0.3) is 0 Å². The SMILES string of the molecule is CC(C)NCc1cn(Cc2cc(F)cc(F)c2)cn1. The maximum atomic E-state index is 13.1. The van der Waals surface area contributed by atoms with Crippen LogP contribution in [-0.2, 0) is 13.1 Å². The number of hydrogen-bond acceptors (Lipinski definition) is 2. The number of nitrogens with one attached hydrogen (secondary N) is 1. The molecule has 0 radical (unpaired) electrons. The van der Waals surface area contributed by atoms with E-state index in [9.17, 15) is 8.78 Å². The van der Waals surface area contributed by atoms with Crippen molar-refractivity contribution in [3.63, 3.8) is 0 Å². The molecule has 0 aliphatic carbocycles. The Labute approximate surface area is 111 Å². The van der Waals surface area contributed by atoms with E-state index in [2.05, 4.69) is 24.1 Å². The summed E-state index contributed by atoms with van der Waals surface area (Å²) in [4.78, 5) is 4.24. The Morgan fingerprint density at radius 3 is 2.53 bits per heavy atom. The highest BCUT2D eigenvalue weighted by Gasteiger charge is 2.04. The molecule has 2 aromatic rings. The highest BCUT2D eigenvalue weighted by atomic mass is 19.1. The molecule has 2 rings (SSSR count). The Hall–Kier alpha value is -1.75. The molecule has 0 bridgehead atoms. The summed E-state index contributed by atoms with van der Waals surface area (Å²) in [5.74, 6) is -1.12. The van der Waals surface area contributed by atoms with Crippen LogP contribution in [-0.4, -0.2) is 15.6 Å². The van der Waals surface area contributed by atoms with Crippen LogP contribution in [0.25, 0.3) is 0 Å². The van der Waals surface area contributed by atoms with Gasteiger partial charge in [0, 0.05) is 31.4 Å². The van der Waals surface area contributed by atoms with Gasteiger partial charge >= 0.3 is 0 Å². The van der Waals surface area contributed by atoms with Crippen LogP contribution in [0, 0.1) is 11.6 Å². The van der Waals surface area contributed by atoms with Crippen LogP contribution in [0.1, 0.15) is 25.1 Å². The molecule has 1 N–H and O–H groups in total. The Morgan fingerprint density at radius 2 is 1.89 bits per heavy atom. The molecule has 3 nitrogen and oxygen atoms in total. The van der Waals surface area contributed by atoms with Gasteiger partial charge in [-0.15, -0.1) is 0 Å². The summed E-state index contributed by atoms with van der Waals surface area (Å²) in [5.41, 5.74) is 1.49. The average Bonchev–Trinajstić information content (AvgIpc) is 2.72. The first kappa shape index (κ1) is 13.7. The molecule has 0 unspecified atom stereocenters. The number of aromatic nitrogens is 2. The second kappa shape index (κ2) is 5.93. The van der Waals surface area contributed by atoms with Crippen molar-refractivity contribution in [1.29, 1.82) is 0 Å². The maximum Gasteiger partial charge on any atom is 0.126 e. The summed E-state index contributed by atoms with van der Waals surface area (Å²) in [5, 5.41) is 3.26. The molecule has 5 heteroatoms. The third-order valence-electron chi connectivity index (χ3n) is 2.67. The lowest BCUT2D eigenvalue weighted by Crippen LogP contribution is -2.21. The number of halogens is 2. The second-order valence-corrected chi connectivity index (χ2v) is 4.85. The standard InChI is InChI=1S/C14H17F2N3/c1-10(2)17-6-14-8-19(9-18-14)7-11-3-12(15)5-13(16)4-11/h3-5,8-10,17H,6-7H2,1-2H3. The van der Waals surface area contributed by atoms with Crippen LogP contribution in [0.3, 0.4) is 0 Å². The smallest absolute Gasteiger partial charge is 0.126 e. The Morgan fingerprint density at radius 1 is 1.21 bits per heavy atom. The minimum absolute atomic E-state index is 0.391. The molecule has 0 atom stereocenters. The van der Waals surface area contributed by atoms with Crippen molar-refractivity contribution in [2.24, 2.45) is 0 Å². The van der Waals surface area contributed by atoms with Crippen molar-refractivity contribution < 1.29 is 8.78 Å². The zero-order chi connectivity index (χ0) is 13.8. The van der Waals surface area contributed by atoms with Crippen LogP contribution in [0.5, 0.6) is 0 Å². The minimum atomic E-state index is -0.559. The van der Waals surface area contributed by atoms with Gasteiger partial charge in [0.1, 0.15) is 11.6 Å². The third-order valence-corrected chi connectivity index (χ3v) is 2.67. The lowest BCUT2D eigenvalue weighted by atomic mass is 10.2. The van der Waals surface area contributed by atoms with E-state index in [0.717, 1.165) is 11.8 Å². The normalized spacial score (nSPS) is 11.2. The summed E-state index contributed by atoms with van der Waals surface area (Å²) < 4.78 is 28.0. The summed E-state index contributed by atoms with van der Waals surface area (Å²) >= 11 is 0. The first-order valence-electron chi connectivity index (χ1n) is 6.22. The maximum absolute atomic E-state index is 13.1. The summed E-state index contributed by atoms with van der Waals surface area (Å²) in [7, 11) is 0. The zero-order valence-electron chi connectivity index (χ0n) is 11.0. The van der Waals surface area contributed by atoms with E-state index in [1.54, 1.807) is 6.33 Å². The molecular formula is C14H17F2N3. The van der Waals surface area contributed by atoms with Crippen molar-refractivity contribution in [2.45, 2.75) is 33.0 Å². The highest BCUT2D eigenvalue weighted by molar-refractivity contribution is 5.18. The molecule has 0 saturated heterocycles. The molecule has 1 aromatic carbocycles. The fourth-order valence-electron chi connectivity index (χ4n) is 1.81. The highest BCUT2D eigenvalue weighted by Crippen LogP contribution is 2.10. The van der Waals surface area contributed by atoms with Gasteiger partial charge in [-0.05, 0) is 17.7 Å². The van der Waals surface area contributed by atoms with E-state index in [1.807, 2.05) is 10.8 Å². The van der Waals surface area contributed by atoms with Crippen molar-refractivity contribution in [2.75, 3.05) is 0 Å². The lowest BCUT2D eigenvalue weighted by molar-refractivity contribution is 0.577.